The van der Waals surface area contributed by atoms with Crippen molar-refractivity contribution in [1.82, 2.24) is 4.90 Å². The molecule has 0 atom stereocenters. The number of halogens is 1. The summed E-state index contributed by atoms with van der Waals surface area (Å²) in [5.74, 6) is -0.231. The Bertz CT molecular complexity index is 642. The van der Waals surface area contributed by atoms with Crippen molar-refractivity contribution in [1.29, 1.82) is 0 Å². The SMILES string of the molecule is CCCN(Cc1ccccc1O)C(=O)Cc1cccc(F)c1. The summed E-state index contributed by atoms with van der Waals surface area (Å²) in [6.45, 7) is 2.95. The summed E-state index contributed by atoms with van der Waals surface area (Å²) in [5, 5.41) is 9.85. The number of hydrogen-bond donors (Lipinski definition) is 1. The molecule has 0 saturated heterocycles. The minimum atomic E-state index is -0.340. The van der Waals surface area contributed by atoms with Crippen LogP contribution < -0.4 is 0 Å². The third-order valence-electron chi connectivity index (χ3n) is 3.44. The molecule has 3 nitrogen and oxygen atoms in total. The fourth-order valence-electron chi connectivity index (χ4n) is 2.35. The number of carbonyl (C=O) groups excluding carboxylic acids is 1. The van der Waals surface area contributed by atoms with E-state index in [9.17, 15) is 14.3 Å². The van der Waals surface area contributed by atoms with Gasteiger partial charge in [-0.05, 0) is 30.2 Å². The summed E-state index contributed by atoms with van der Waals surface area (Å²) in [7, 11) is 0. The quantitative estimate of drug-likeness (QED) is 0.887. The fourth-order valence-corrected chi connectivity index (χ4v) is 2.35. The highest BCUT2D eigenvalue weighted by Crippen LogP contribution is 2.18. The number of benzene rings is 2. The van der Waals surface area contributed by atoms with Crippen LogP contribution in [0.1, 0.15) is 24.5 Å². The smallest absolute Gasteiger partial charge is 0.227 e. The number of hydrogen-bond acceptors (Lipinski definition) is 2. The molecular weight excluding hydrogens is 281 g/mol. The molecule has 0 bridgehead atoms. The van der Waals surface area contributed by atoms with Gasteiger partial charge >= 0.3 is 0 Å². The van der Waals surface area contributed by atoms with Crippen molar-refractivity contribution >= 4 is 5.91 Å². The van der Waals surface area contributed by atoms with E-state index in [1.54, 1.807) is 35.2 Å². The van der Waals surface area contributed by atoms with Crippen LogP contribution in [0.2, 0.25) is 0 Å². The van der Waals surface area contributed by atoms with Crippen LogP contribution in [0, 0.1) is 5.82 Å². The summed E-state index contributed by atoms with van der Waals surface area (Å²) in [5.41, 5.74) is 1.37. The normalized spacial score (nSPS) is 10.5. The second kappa shape index (κ2) is 7.59. The van der Waals surface area contributed by atoms with Crippen molar-refractivity contribution in [3.8, 4) is 5.75 Å². The zero-order valence-electron chi connectivity index (χ0n) is 12.6. The first-order valence-electron chi connectivity index (χ1n) is 7.39. The highest BCUT2D eigenvalue weighted by molar-refractivity contribution is 5.78. The summed E-state index contributed by atoms with van der Waals surface area (Å²) in [4.78, 5) is 14.1. The molecule has 1 N–H and O–H groups in total. The third-order valence-corrected chi connectivity index (χ3v) is 3.44. The van der Waals surface area contributed by atoms with E-state index in [1.165, 1.54) is 12.1 Å². The van der Waals surface area contributed by atoms with E-state index in [-0.39, 0.29) is 23.9 Å². The van der Waals surface area contributed by atoms with E-state index in [2.05, 4.69) is 0 Å². The molecule has 0 heterocycles. The predicted octanol–water partition coefficient (Wildman–Crippen LogP) is 3.51. The summed E-state index contributed by atoms with van der Waals surface area (Å²) >= 11 is 0. The van der Waals surface area contributed by atoms with Crippen LogP contribution >= 0.6 is 0 Å². The second-order valence-corrected chi connectivity index (χ2v) is 5.25. The van der Waals surface area contributed by atoms with E-state index in [0.717, 1.165) is 6.42 Å². The first-order valence-corrected chi connectivity index (χ1v) is 7.39. The standard InChI is InChI=1S/C18H20FNO2/c1-2-10-20(13-15-7-3-4-9-17(15)21)18(22)12-14-6-5-8-16(19)11-14/h3-9,11,21H,2,10,12-13H2,1H3. The molecule has 4 heteroatoms. The first kappa shape index (κ1) is 16.0. The van der Waals surface area contributed by atoms with E-state index in [0.29, 0.717) is 24.2 Å². The van der Waals surface area contributed by atoms with Gasteiger partial charge in [0, 0.05) is 18.7 Å². The molecule has 0 aliphatic carbocycles. The summed E-state index contributed by atoms with van der Waals surface area (Å²) in [6.07, 6.45) is 0.980. The van der Waals surface area contributed by atoms with E-state index >= 15 is 0 Å². The van der Waals surface area contributed by atoms with Gasteiger partial charge in [0.15, 0.2) is 0 Å². The number of aromatic hydroxyl groups is 1. The number of phenolic OH excluding ortho intramolecular Hbond substituents is 1. The van der Waals surface area contributed by atoms with Crippen molar-refractivity contribution in [3.63, 3.8) is 0 Å². The average molecular weight is 301 g/mol. The highest BCUT2D eigenvalue weighted by Gasteiger charge is 2.15. The number of amides is 1. The van der Waals surface area contributed by atoms with Crippen LogP contribution in [0.25, 0.3) is 0 Å². The van der Waals surface area contributed by atoms with Crippen LogP contribution in [-0.4, -0.2) is 22.5 Å². The molecule has 0 unspecified atom stereocenters. The molecule has 0 aromatic heterocycles. The molecule has 116 valence electrons. The maximum atomic E-state index is 13.2. The number of nitrogens with zero attached hydrogens (tertiary/aromatic N) is 1. The van der Waals surface area contributed by atoms with Gasteiger partial charge in [-0.25, -0.2) is 4.39 Å². The lowest BCUT2D eigenvalue weighted by molar-refractivity contribution is -0.131. The Labute approximate surface area is 130 Å². The Morgan fingerprint density at radius 1 is 1.18 bits per heavy atom. The topological polar surface area (TPSA) is 40.5 Å². The number of para-hydroxylation sites is 1. The summed E-state index contributed by atoms with van der Waals surface area (Å²) in [6, 6.07) is 13.1. The van der Waals surface area contributed by atoms with E-state index in [1.807, 2.05) is 13.0 Å². The van der Waals surface area contributed by atoms with E-state index < -0.39 is 0 Å². The van der Waals surface area contributed by atoms with Gasteiger partial charge in [0.1, 0.15) is 11.6 Å². The van der Waals surface area contributed by atoms with Crippen LogP contribution in [0.3, 0.4) is 0 Å². The maximum Gasteiger partial charge on any atom is 0.227 e. The van der Waals surface area contributed by atoms with Crippen molar-refractivity contribution < 1.29 is 14.3 Å². The molecule has 2 aromatic rings. The van der Waals surface area contributed by atoms with Gasteiger partial charge in [-0.2, -0.15) is 0 Å². The molecule has 0 aliphatic rings. The van der Waals surface area contributed by atoms with Crippen molar-refractivity contribution in [2.24, 2.45) is 0 Å². The Hall–Kier alpha value is -2.36. The van der Waals surface area contributed by atoms with Gasteiger partial charge in [-0.15, -0.1) is 0 Å². The second-order valence-electron chi connectivity index (χ2n) is 5.25. The molecule has 0 aliphatic heterocycles. The van der Waals surface area contributed by atoms with Crippen molar-refractivity contribution in [3.05, 3.63) is 65.5 Å². The molecule has 2 rings (SSSR count). The van der Waals surface area contributed by atoms with Crippen LogP contribution in [0.15, 0.2) is 48.5 Å². The maximum absolute atomic E-state index is 13.2. The van der Waals surface area contributed by atoms with Crippen molar-refractivity contribution in [2.75, 3.05) is 6.54 Å². The third kappa shape index (κ3) is 4.32. The lowest BCUT2D eigenvalue weighted by atomic mass is 10.1. The summed E-state index contributed by atoms with van der Waals surface area (Å²) < 4.78 is 13.2. The zero-order valence-corrected chi connectivity index (χ0v) is 12.6. The monoisotopic (exact) mass is 301 g/mol. The van der Waals surface area contributed by atoms with Crippen LogP contribution in [0.4, 0.5) is 4.39 Å². The average Bonchev–Trinajstić information content (AvgIpc) is 2.49. The zero-order chi connectivity index (χ0) is 15.9. The number of rotatable bonds is 6. The molecule has 22 heavy (non-hydrogen) atoms. The first-order chi connectivity index (χ1) is 10.6. The van der Waals surface area contributed by atoms with Gasteiger partial charge in [-0.1, -0.05) is 37.3 Å². The van der Waals surface area contributed by atoms with Crippen molar-refractivity contribution in [2.45, 2.75) is 26.3 Å². The van der Waals surface area contributed by atoms with Gasteiger partial charge in [0.25, 0.3) is 0 Å². The van der Waals surface area contributed by atoms with Gasteiger partial charge < -0.3 is 10.0 Å². The minimum Gasteiger partial charge on any atom is -0.508 e. The van der Waals surface area contributed by atoms with Gasteiger partial charge in [0.05, 0.1) is 6.42 Å². The minimum absolute atomic E-state index is 0.0734. The Balaban J connectivity index is 2.10. The van der Waals surface area contributed by atoms with Gasteiger partial charge in [-0.3, -0.25) is 4.79 Å². The molecular formula is C18H20FNO2. The molecule has 0 fully saturated rings. The number of phenols is 1. The highest BCUT2D eigenvalue weighted by atomic mass is 19.1. The Morgan fingerprint density at radius 2 is 1.95 bits per heavy atom. The van der Waals surface area contributed by atoms with Crippen LogP contribution in [0.5, 0.6) is 5.75 Å². The number of carbonyl (C=O) groups is 1. The molecule has 0 radical (unpaired) electrons. The lowest BCUT2D eigenvalue weighted by Crippen LogP contribution is -2.32. The van der Waals surface area contributed by atoms with Crippen LogP contribution in [-0.2, 0) is 17.8 Å². The molecule has 1 amide bonds. The van der Waals surface area contributed by atoms with E-state index in [4.69, 9.17) is 0 Å². The largest absolute Gasteiger partial charge is 0.508 e. The lowest BCUT2D eigenvalue weighted by Gasteiger charge is -2.23. The Morgan fingerprint density at radius 3 is 2.64 bits per heavy atom. The molecule has 2 aromatic carbocycles. The molecule has 0 spiro atoms. The predicted molar refractivity (Wildman–Crippen MR) is 83.9 cm³/mol. The molecule has 0 saturated carbocycles. The fraction of sp³-hybridized carbons (Fsp3) is 0.278. The van der Waals surface area contributed by atoms with Gasteiger partial charge in [0.2, 0.25) is 5.91 Å². The Kier molecular flexibility index (Phi) is 5.53.